The van der Waals surface area contributed by atoms with Gasteiger partial charge >= 0.3 is 5.97 Å². The molecule has 4 nitrogen and oxygen atoms in total. The van der Waals surface area contributed by atoms with Gasteiger partial charge in [0, 0.05) is 5.56 Å². The van der Waals surface area contributed by atoms with Crippen LogP contribution in [0.25, 0.3) is 0 Å². The molecule has 0 aliphatic carbocycles. The summed E-state index contributed by atoms with van der Waals surface area (Å²) in [6.45, 7) is 3.51. The second-order valence-electron chi connectivity index (χ2n) is 3.56. The summed E-state index contributed by atoms with van der Waals surface area (Å²) < 4.78 is 4.53. The number of carbonyl (C=O) groups excluding carboxylic acids is 3. The van der Waals surface area contributed by atoms with Crippen molar-refractivity contribution in [3.63, 3.8) is 0 Å². The van der Waals surface area contributed by atoms with Gasteiger partial charge in [-0.15, -0.1) is 0 Å². The monoisotopic (exact) mass is 234 g/mol. The summed E-state index contributed by atoms with van der Waals surface area (Å²) in [5.74, 6) is -2.12. The lowest BCUT2D eigenvalue weighted by Gasteiger charge is -2.03. The minimum atomic E-state index is -0.950. The van der Waals surface area contributed by atoms with Crippen molar-refractivity contribution >= 4 is 17.5 Å². The number of Topliss-reactive ketones (excluding diaryl/α,β-unsaturated/α-hetero) is 2. The van der Waals surface area contributed by atoms with Gasteiger partial charge in [-0.05, 0) is 19.4 Å². The van der Waals surface area contributed by atoms with Crippen LogP contribution in [0.3, 0.4) is 0 Å². The van der Waals surface area contributed by atoms with E-state index in [2.05, 4.69) is 4.74 Å². The van der Waals surface area contributed by atoms with Gasteiger partial charge in [0.2, 0.25) is 5.78 Å². The number of hydrogen-bond donors (Lipinski definition) is 0. The molecule has 0 fully saturated rings. The minimum Gasteiger partial charge on any atom is -0.460 e. The highest BCUT2D eigenvalue weighted by Gasteiger charge is 2.20. The van der Waals surface area contributed by atoms with Crippen LogP contribution in [0.4, 0.5) is 0 Å². The molecule has 0 bridgehead atoms. The third-order valence-electron chi connectivity index (χ3n) is 2.27. The molecule has 0 atom stereocenters. The normalized spacial score (nSPS) is 9.76. The fourth-order valence-electron chi connectivity index (χ4n) is 1.41. The Kier molecular flexibility index (Phi) is 4.57. The van der Waals surface area contributed by atoms with Crippen LogP contribution in [0.15, 0.2) is 24.3 Å². The number of hydrogen-bond acceptors (Lipinski definition) is 4. The first kappa shape index (κ1) is 13.1. The molecular weight excluding hydrogens is 220 g/mol. The molecule has 0 heterocycles. The van der Waals surface area contributed by atoms with Crippen LogP contribution in [0, 0.1) is 6.92 Å². The first-order valence-electron chi connectivity index (χ1n) is 5.35. The van der Waals surface area contributed by atoms with Crippen molar-refractivity contribution in [2.45, 2.75) is 20.3 Å². The third kappa shape index (κ3) is 3.52. The smallest absolute Gasteiger partial charge is 0.375 e. The number of carbonyl (C=O) groups is 3. The molecule has 0 radical (unpaired) electrons. The van der Waals surface area contributed by atoms with Crippen LogP contribution in [-0.2, 0) is 14.3 Å². The molecule has 0 saturated carbocycles. The maximum absolute atomic E-state index is 11.8. The zero-order valence-electron chi connectivity index (χ0n) is 9.86. The highest BCUT2D eigenvalue weighted by atomic mass is 16.5. The zero-order valence-corrected chi connectivity index (χ0v) is 9.86. The molecule has 4 heteroatoms. The first-order chi connectivity index (χ1) is 8.06. The summed E-state index contributed by atoms with van der Waals surface area (Å²) in [4.78, 5) is 34.2. The summed E-state index contributed by atoms with van der Waals surface area (Å²) in [5, 5.41) is 0. The fourth-order valence-corrected chi connectivity index (χ4v) is 1.41. The minimum absolute atomic E-state index is 0.128. The van der Waals surface area contributed by atoms with Crippen LogP contribution >= 0.6 is 0 Å². The molecule has 0 amide bonds. The number of benzene rings is 1. The Morgan fingerprint density at radius 2 is 1.82 bits per heavy atom. The van der Waals surface area contributed by atoms with Crippen LogP contribution in [0.5, 0.6) is 0 Å². The molecule has 0 aliphatic heterocycles. The number of aryl methyl sites for hydroxylation is 1. The second kappa shape index (κ2) is 5.94. The Morgan fingerprint density at radius 3 is 2.41 bits per heavy atom. The predicted octanol–water partition coefficient (Wildman–Crippen LogP) is 1.70. The summed E-state index contributed by atoms with van der Waals surface area (Å²) >= 11 is 0. The predicted molar refractivity (Wildman–Crippen MR) is 61.8 cm³/mol. The van der Waals surface area contributed by atoms with E-state index in [9.17, 15) is 14.4 Å². The lowest BCUT2D eigenvalue weighted by molar-refractivity contribution is -0.153. The van der Waals surface area contributed by atoms with Crippen molar-refractivity contribution < 1.29 is 19.1 Å². The molecule has 0 N–H and O–H groups in total. The summed E-state index contributed by atoms with van der Waals surface area (Å²) in [6.07, 6.45) is -0.441. The molecule has 0 unspecified atom stereocenters. The molecule has 1 aromatic carbocycles. The molecule has 1 rings (SSSR count). The summed E-state index contributed by atoms with van der Waals surface area (Å²) in [7, 11) is 0. The zero-order chi connectivity index (χ0) is 12.8. The van der Waals surface area contributed by atoms with Crippen molar-refractivity contribution in [1.82, 2.24) is 0 Å². The van der Waals surface area contributed by atoms with E-state index >= 15 is 0 Å². The van der Waals surface area contributed by atoms with E-state index in [1.165, 1.54) is 0 Å². The van der Waals surface area contributed by atoms with Crippen molar-refractivity contribution in [3.8, 4) is 0 Å². The molecule has 0 aromatic heterocycles. The van der Waals surface area contributed by atoms with E-state index in [4.69, 9.17) is 0 Å². The molecule has 0 aliphatic rings. The largest absolute Gasteiger partial charge is 0.460 e. The highest BCUT2D eigenvalue weighted by molar-refractivity contribution is 6.38. The van der Waals surface area contributed by atoms with E-state index in [0.29, 0.717) is 5.56 Å². The second-order valence-corrected chi connectivity index (χ2v) is 3.56. The van der Waals surface area contributed by atoms with Crippen LogP contribution in [0.2, 0.25) is 0 Å². The molecule has 0 spiro atoms. The van der Waals surface area contributed by atoms with Crippen molar-refractivity contribution in [2.75, 3.05) is 6.61 Å². The van der Waals surface area contributed by atoms with E-state index in [-0.39, 0.29) is 12.4 Å². The quantitative estimate of drug-likeness (QED) is 0.337. The Balaban J connectivity index is 2.71. The average molecular weight is 234 g/mol. The van der Waals surface area contributed by atoms with Gasteiger partial charge in [0.15, 0.2) is 5.78 Å². The molecular formula is C13H14O4. The average Bonchev–Trinajstić information content (AvgIpc) is 2.29. The number of rotatable bonds is 5. The summed E-state index contributed by atoms with van der Waals surface area (Å²) in [5.41, 5.74) is 1.25. The maximum Gasteiger partial charge on any atom is 0.375 e. The Bertz CT molecular complexity index is 448. The van der Waals surface area contributed by atoms with E-state index in [1.807, 2.05) is 0 Å². The van der Waals surface area contributed by atoms with Gasteiger partial charge in [-0.1, -0.05) is 24.3 Å². The fraction of sp³-hybridized carbons (Fsp3) is 0.308. The third-order valence-corrected chi connectivity index (χ3v) is 2.27. The van der Waals surface area contributed by atoms with Gasteiger partial charge in [-0.2, -0.15) is 0 Å². The van der Waals surface area contributed by atoms with Crippen molar-refractivity contribution in [3.05, 3.63) is 35.4 Å². The van der Waals surface area contributed by atoms with Gasteiger partial charge in [0.25, 0.3) is 0 Å². The van der Waals surface area contributed by atoms with Gasteiger partial charge in [-0.25, -0.2) is 4.79 Å². The molecule has 1 aromatic rings. The molecule has 17 heavy (non-hydrogen) atoms. The van der Waals surface area contributed by atoms with Crippen LogP contribution in [0.1, 0.15) is 29.3 Å². The lowest BCUT2D eigenvalue weighted by atomic mass is 10.0. The van der Waals surface area contributed by atoms with Gasteiger partial charge < -0.3 is 4.74 Å². The summed E-state index contributed by atoms with van der Waals surface area (Å²) in [6, 6.07) is 6.94. The maximum atomic E-state index is 11.8. The molecule has 0 saturated heterocycles. The lowest BCUT2D eigenvalue weighted by Crippen LogP contribution is -2.20. The van der Waals surface area contributed by atoms with E-state index in [0.717, 1.165) is 5.56 Å². The Morgan fingerprint density at radius 1 is 1.18 bits per heavy atom. The van der Waals surface area contributed by atoms with Crippen LogP contribution < -0.4 is 0 Å². The van der Waals surface area contributed by atoms with Crippen molar-refractivity contribution in [2.24, 2.45) is 0 Å². The van der Waals surface area contributed by atoms with E-state index < -0.39 is 18.2 Å². The Labute approximate surface area is 99.6 Å². The highest BCUT2D eigenvalue weighted by Crippen LogP contribution is 2.10. The topological polar surface area (TPSA) is 60.4 Å². The van der Waals surface area contributed by atoms with Crippen molar-refractivity contribution in [1.29, 1.82) is 0 Å². The standard InChI is InChI=1S/C13H14O4/c1-3-17-13(16)12(15)8-11(14)10-7-5-4-6-9(10)2/h4-7H,3,8H2,1-2H3. The van der Waals surface area contributed by atoms with Crippen LogP contribution in [-0.4, -0.2) is 24.1 Å². The Hall–Kier alpha value is -1.97. The molecule has 90 valence electrons. The number of ether oxygens (including phenoxy) is 1. The van der Waals surface area contributed by atoms with E-state index in [1.54, 1.807) is 38.1 Å². The SMILES string of the molecule is CCOC(=O)C(=O)CC(=O)c1ccccc1C. The van der Waals surface area contributed by atoms with Gasteiger partial charge in [0.05, 0.1) is 13.0 Å². The van der Waals surface area contributed by atoms with Gasteiger partial charge in [0.1, 0.15) is 0 Å². The first-order valence-corrected chi connectivity index (χ1v) is 5.35. The number of esters is 1. The number of ketones is 2. The van der Waals surface area contributed by atoms with Gasteiger partial charge in [-0.3, -0.25) is 9.59 Å².